The summed E-state index contributed by atoms with van der Waals surface area (Å²) in [5.41, 5.74) is 4.95. The van der Waals surface area contributed by atoms with Gasteiger partial charge in [0.1, 0.15) is 11.4 Å². The molecule has 0 N–H and O–H groups in total. The number of aryl methyl sites for hydroxylation is 1. The van der Waals surface area contributed by atoms with Gasteiger partial charge in [0.05, 0.1) is 12.3 Å². The first-order valence-electron chi connectivity index (χ1n) is 11.2. The smallest absolute Gasteiger partial charge is 0.169 e. The minimum atomic E-state index is 0.163. The minimum absolute atomic E-state index is 0.163. The second-order valence-electron chi connectivity index (χ2n) is 8.34. The number of nitrogens with zero attached hydrogens (tertiary/aromatic N) is 3. The Bertz CT molecular complexity index is 1060. The number of Topliss-reactive ketones (excluding diaryl/α,β-unsaturated/α-hetero) is 1. The van der Waals surface area contributed by atoms with Gasteiger partial charge in [0, 0.05) is 73.6 Å². The Morgan fingerprint density at radius 1 is 1.27 bits per heavy atom. The molecule has 30 heavy (non-hydrogen) atoms. The molecule has 0 saturated carbocycles. The summed E-state index contributed by atoms with van der Waals surface area (Å²) in [7, 11) is 0. The molecule has 0 spiro atoms. The Hall–Kier alpha value is -2.60. The van der Waals surface area contributed by atoms with Gasteiger partial charge in [0.25, 0.3) is 0 Å². The van der Waals surface area contributed by atoms with Gasteiger partial charge in [0.15, 0.2) is 5.78 Å². The van der Waals surface area contributed by atoms with Crippen LogP contribution in [0.2, 0.25) is 0 Å². The van der Waals surface area contributed by atoms with E-state index in [2.05, 4.69) is 17.0 Å². The zero-order chi connectivity index (χ0) is 20.5. The van der Waals surface area contributed by atoms with Crippen molar-refractivity contribution in [3.05, 3.63) is 53.2 Å². The molecule has 0 radical (unpaired) electrons. The van der Waals surface area contributed by atoms with Gasteiger partial charge in [-0.1, -0.05) is 0 Å². The van der Waals surface area contributed by atoms with Crippen LogP contribution in [0.3, 0.4) is 0 Å². The van der Waals surface area contributed by atoms with Crippen LogP contribution in [0.25, 0.3) is 5.65 Å². The normalized spacial score (nSPS) is 17.2. The van der Waals surface area contributed by atoms with E-state index in [4.69, 9.17) is 14.5 Å². The maximum absolute atomic E-state index is 13.2. The summed E-state index contributed by atoms with van der Waals surface area (Å²) in [5, 5.41) is 0. The zero-order valence-corrected chi connectivity index (χ0v) is 17.6. The second kappa shape index (κ2) is 8.26. The lowest BCUT2D eigenvalue weighted by Gasteiger charge is -2.19. The van der Waals surface area contributed by atoms with E-state index in [1.54, 1.807) is 0 Å². The summed E-state index contributed by atoms with van der Waals surface area (Å²) in [6.45, 7) is 5.14. The molecule has 0 amide bonds. The molecule has 0 bridgehead atoms. The van der Waals surface area contributed by atoms with Crippen LogP contribution >= 0.6 is 0 Å². The lowest BCUT2D eigenvalue weighted by Crippen LogP contribution is -2.14. The van der Waals surface area contributed by atoms with Gasteiger partial charge in [0.2, 0.25) is 0 Å². The standard InChI is InChI=1S/C24H29N3O3/c1-2-30-23-14-24-25-20(17-7-11-29-12-8-17)16-27(24)15-18(23)13-22(28)19-6-10-26-9-4-3-5-21(19)26/h6,10,14-17H,2-5,7-9,11-13H2,1H3. The molecule has 2 aliphatic rings. The molecule has 5 heterocycles. The third-order valence-corrected chi connectivity index (χ3v) is 6.38. The summed E-state index contributed by atoms with van der Waals surface area (Å²) in [6.07, 6.45) is 11.9. The quantitative estimate of drug-likeness (QED) is 0.575. The van der Waals surface area contributed by atoms with Crippen molar-refractivity contribution >= 4 is 11.4 Å². The highest BCUT2D eigenvalue weighted by molar-refractivity contribution is 5.99. The van der Waals surface area contributed by atoms with Crippen LogP contribution in [0.4, 0.5) is 0 Å². The van der Waals surface area contributed by atoms with Crippen molar-refractivity contribution in [2.24, 2.45) is 0 Å². The Balaban J connectivity index is 1.45. The van der Waals surface area contributed by atoms with Gasteiger partial charge in [-0.2, -0.15) is 0 Å². The average molecular weight is 408 g/mol. The van der Waals surface area contributed by atoms with Crippen LogP contribution in [-0.2, 0) is 24.1 Å². The van der Waals surface area contributed by atoms with E-state index in [-0.39, 0.29) is 5.78 Å². The van der Waals surface area contributed by atoms with Crippen molar-refractivity contribution in [3.63, 3.8) is 0 Å². The fourth-order valence-electron chi connectivity index (χ4n) is 4.78. The molecule has 5 rings (SSSR count). The number of rotatable bonds is 6. The zero-order valence-electron chi connectivity index (χ0n) is 17.6. The van der Waals surface area contributed by atoms with Gasteiger partial charge in [-0.05, 0) is 45.1 Å². The third kappa shape index (κ3) is 3.65. The maximum Gasteiger partial charge on any atom is 0.169 e. The maximum atomic E-state index is 13.2. The Morgan fingerprint density at radius 2 is 2.13 bits per heavy atom. The van der Waals surface area contributed by atoms with E-state index >= 15 is 0 Å². The molecule has 0 unspecified atom stereocenters. The van der Waals surface area contributed by atoms with E-state index in [1.807, 2.05) is 29.7 Å². The molecule has 1 fully saturated rings. The molecule has 0 aromatic carbocycles. The molecule has 2 aliphatic heterocycles. The highest BCUT2D eigenvalue weighted by Gasteiger charge is 2.22. The van der Waals surface area contributed by atoms with Gasteiger partial charge in [-0.15, -0.1) is 0 Å². The lowest BCUT2D eigenvalue weighted by molar-refractivity contribution is 0.0846. The van der Waals surface area contributed by atoms with Crippen molar-refractivity contribution in [1.29, 1.82) is 0 Å². The predicted molar refractivity (Wildman–Crippen MR) is 115 cm³/mol. The second-order valence-corrected chi connectivity index (χ2v) is 8.34. The Kier molecular flexibility index (Phi) is 5.34. The van der Waals surface area contributed by atoms with Crippen LogP contribution in [0.15, 0.2) is 30.7 Å². The van der Waals surface area contributed by atoms with Crippen LogP contribution in [0.5, 0.6) is 5.75 Å². The van der Waals surface area contributed by atoms with Gasteiger partial charge in [-0.3, -0.25) is 4.79 Å². The summed E-state index contributed by atoms with van der Waals surface area (Å²) in [6, 6.07) is 3.96. The summed E-state index contributed by atoms with van der Waals surface area (Å²) >= 11 is 0. The van der Waals surface area contributed by atoms with Gasteiger partial charge >= 0.3 is 0 Å². The average Bonchev–Trinajstić information content (AvgIpc) is 3.39. The first kappa shape index (κ1) is 19.4. The molecule has 3 aromatic rings. The van der Waals surface area contributed by atoms with E-state index in [9.17, 15) is 4.79 Å². The van der Waals surface area contributed by atoms with E-state index < -0.39 is 0 Å². The largest absolute Gasteiger partial charge is 0.493 e. The topological polar surface area (TPSA) is 57.8 Å². The summed E-state index contributed by atoms with van der Waals surface area (Å²) in [5.74, 6) is 1.36. The Morgan fingerprint density at radius 3 is 2.97 bits per heavy atom. The van der Waals surface area contributed by atoms with Crippen molar-refractivity contribution in [2.45, 2.75) is 57.9 Å². The van der Waals surface area contributed by atoms with Crippen molar-refractivity contribution in [1.82, 2.24) is 14.0 Å². The number of carbonyl (C=O) groups is 1. The minimum Gasteiger partial charge on any atom is -0.493 e. The Labute approximate surface area is 176 Å². The fourth-order valence-corrected chi connectivity index (χ4v) is 4.78. The molecule has 3 aromatic heterocycles. The molecule has 0 atom stereocenters. The first-order valence-corrected chi connectivity index (χ1v) is 11.2. The van der Waals surface area contributed by atoms with E-state index in [0.717, 1.165) is 73.7 Å². The van der Waals surface area contributed by atoms with Crippen LogP contribution < -0.4 is 4.74 Å². The van der Waals surface area contributed by atoms with Crippen molar-refractivity contribution in [3.8, 4) is 5.75 Å². The number of aromatic nitrogens is 3. The molecule has 6 heteroatoms. The molecule has 0 aliphatic carbocycles. The number of ketones is 1. The monoisotopic (exact) mass is 407 g/mol. The first-order chi connectivity index (χ1) is 14.7. The molecular weight excluding hydrogens is 378 g/mol. The molecule has 1 saturated heterocycles. The van der Waals surface area contributed by atoms with Crippen molar-refractivity contribution < 1.29 is 14.3 Å². The SMILES string of the molecule is CCOc1cc2nc(C3CCOCC3)cn2cc1CC(=O)c1ccn2c1CCCC2. The van der Waals surface area contributed by atoms with Gasteiger partial charge < -0.3 is 18.4 Å². The number of ether oxygens (including phenoxy) is 2. The highest BCUT2D eigenvalue weighted by atomic mass is 16.5. The molecular formula is C24H29N3O3. The fraction of sp³-hybridized carbons (Fsp3) is 0.500. The number of imidazole rings is 1. The van der Waals surface area contributed by atoms with Crippen LogP contribution in [0.1, 0.15) is 65.8 Å². The number of pyridine rings is 1. The van der Waals surface area contributed by atoms with Crippen LogP contribution in [-0.4, -0.2) is 39.6 Å². The number of hydrogen-bond acceptors (Lipinski definition) is 4. The highest BCUT2D eigenvalue weighted by Crippen LogP contribution is 2.29. The lowest BCUT2D eigenvalue weighted by atomic mass is 9.97. The third-order valence-electron chi connectivity index (χ3n) is 6.38. The number of hydrogen-bond donors (Lipinski definition) is 0. The number of carbonyl (C=O) groups excluding carboxylic acids is 1. The number of fused-ring (bicyclic) bond motifs is 2. The van der Waals surface area contributed by atoms with Crippen molar-refractivity contribution in [2.75, 3.05) is 19.8 Å². The van der Waals surface area contributed by atoms with E-state index in [0.29, 0.717) is 18.9 Å². The van der Waals surface area contributed by atoms with Gasteiger partial charge in [-0.25, -0.2) is 4.98 Å². The van der Waals surface area contributed by atoms with E-state index in [1.165, 1.54) is 12.1 Å². The summed E-state index contributed by atoms with van der Waals surface area (Å²) in [4.78, 5) is 18.0. The predicted octanol–water partition coefficient (Wildman–Crippen LogP) is 4.19. The molecule has 6 nitrogen and oxygen atoms in total. The van der Waals surface area contributed by atoms with Crippen LogP contribution in [0, 0.1) is 0 Å². The molecule has 158 valence electrons. The summed E-state index contributed by atoms with van der Waals surface area (Å²) < 4.78 is 15.7.